The number of aromatic nitrogens is 2. The zero-order valence-electron chi connectivity index (χ0n) is 13.5. The van der Waals surface area contributed by atoms with E-state index >= 15 is 0 Å². The van der Waals surface area contributed by atoms with Gasteiger partial charge in [-0.3, -0.25) is 0 Å². The lowest BCUT2D eigenvalue weighted by Crippen LogP contribution is -2.42. The van der Waals surface area contributed by atoms with Gasteiger partial charge in [-0.2, -0.15) is 18.3 Å². The lowest BCUT2D eigenvalue weighted by atomic mass is 9.85. The van der Waals surface area contributed by atoms with Gasteiger partial charge in [-0.05, 0) is 19.8 Å². The van der Waals surface area contributed by atoms with Crippen molar-refractivity contribution in [3.63, 3.8) is 0 Å². The third-order valence-electron chi connectivity index (χ3n) is 4.20. The Morgan fingerprint density at radius 3 is 2.57 bits per heavy atom. The quantitative estimate of drug-likeness (QED) is 0.838. The molecule has 1 fully saturated rings. The number of nitrogens with zero attached hydrogens (tertiary/aromatic N) is 2. The highest BCUT2D eigenvalue weighted by Gasteiger charge is 2.31. The van der Waals surface area contributed by atoms with E-state index in [2.05, 4.69) is 10.4 Å². The Morgan fingerprint density at radius 2 is 1.96 bits per heavy atom. The van der Waals surface area contributed by atoms with Crippen molar-refractivity contribution in [3.8, 4) is 5.88 Å². The standard InChI is InChI=1S/C15H24F3N3O2/c1-11-12(8-19-9-14(22)6-4-3-5-7-14)13(21(2)20-11)23-10-15(16,17)18/h19,22H,3-10H2,1-2H3. The number of hydrogen-bond donors (Lipinski definition) is 2. The molecule has 0 unspecified atom stereocenters. The molecule has 0 aromatic carbocycles. The van der Waals surface area contributed by atoms with Gasteiger partial charge in [0, 0.05) is 20.1 Å². The maximum absolute atomic E-state index is 12.4. The Hall–Kier alpha value is -1.28. The summed E-state index contributed by atoms with van der Waals surface area (Å²) in [7, 11) is 1.55. The SMILES string of the molecule is Cc1nn(C)c(OCC(F)(F)F)c1CNCC1(O)CCCCC1. The van der Waals surface area contributed by atoms with E-state index in [1.807, 2.05) is 0 Å². The van der Waals surface area contributed by atoms with Crippen molar-refractivity contribution >= 4 is 0 Å². The maximum atomic E-state index is 12.4. The van der Waals surface area contributed by atoms with Crippen molar-refractivity contribution in [3.05, 3.63) is 11.3 Å². The summed E-state index contributed by atoms with van der Waals surface area (Å²) in [6.07, 6.45) is 0.264. The first-order valence-electron chi connectivity index (χ1n) is 7.85. The molecule has 0 saturated heterocycles. The molecule has 0 atom stereocenters. The highest BCUT2D eigenvalue weighted by molar-refractivity contribution is 5.31. The van der Waals surface area contributed by atoms with Crippen molar-refractivity contribution in [2.24, 2.45) is 7.05 Å². The normalized spacial score (nSPS) is 18.2. The van der Waals surface area contributed by atoms with Crippen molar-refractivity contribution in [2.45, 2.75) is 57.3 Å². The Kier molecular flexibility index (Phi) is 5.57. The fraction of sp³-hybridized carbons (Fsp3) is 0.800. The van der Waals surface area contributed by atoms with E-state index in [-0.39, 0.29) is 5.88 Å². The van der Waals surface area contributed by atoms with Gasteiger partial charge in [0.1, 0.15) is 0 Å². The van der Waals surface area contributed by atoms with Gasteiger partial charge < -0.3 is 15.2 Å². The lowest BCUT2D eigenvalue weighted by Gasteiger charge is -2.32. The summed E-state index contributed by atoms with van der Waals surface area (Å²) >= 11 is 0. The minimum atomic E-state index is -4.39. The first-order chi connectivity index (χ1) is 10.7. The molecule has 2 N–H and O–H groups in total. The topological polar surface area (TPSA) is 59.3 Å². The summed E-state index contributed by atoms with van der Waals surface area (Å²) in [4.78, 5) is 0. The molecule has 0 radical (unpaired) electrons. The van der Waals surface area contributed by atoms with Crippen LogP contribution in [-0.2, 0) is 13.6 Å². The van der Waals surface area contributed by atoms with Crippen molar-refractivity contribution in [2.75, 3.05) is 13.2 Å². The van der Waals surface area contributed by atoms with Gasteiger partial charge in [0.15, 0.2) is 6.61 Å². The minimum absolute atomic E-state index is 0.114. The molecule has 0 amide bonds. The van der Waals surface area contributed by atoms with E-state index in [4.69, 9.17) is 4.74 Å². The number of hydrogen-bond acceptors (Lipinski definition) is 4. The second-order valence-electron chi connectivity index (χ2n) is 6.29. The van der Waals surface area contributed by atoms with Gasteiger partial charge in [0.25, 0.3) is 0 Å². The molecule has 23 heavy (non-hydrogen) atoms. The van der Waals surface area contributed by atoms with Crippen LogP contribution in [0.1, 0.15) is 43.4 Å². The molecule has 5 nitrogen and oxygen atoms in total. The molecular weight excluding hydrogens is 311 g/mol. The Labute approximate surface area is 133 Å². The summed E-state index contributed by atoms with van der Waals surface area (Å²) < 4.78 is 43.3. The molecule has 8 heteroatoms. The van der Waals surface area contributed by atoms with Crippen LogP contribution in [0.5, 0.6) is 5.88 Å². The monoisotopic (exact) mass is 335 g/mol. The van der Waals surface area contributed by atoms with Crippen molar-refractivity contribution in [1.82, 2.24) is 15.1 Å². The summed E-state index contributed by atoms with van der Waals surface area (Å²) in [5, 5.41) is 17.7. The summed E-state index contributed by atoms with van der Waals surface area (Å²) in [6.45, 7) is 1.12. The molecule has 0 bridgehead atoms. The number of ether oxygens (including phenoxy) is 1. The molecule has 0 aliphatic heterocycles. The van der Waals surface area contributed by atoms with Crippen LogP contribution in [-0.4, -0.2) is 39.8 Å². The second-order valence-corrected chi connectivity index (χ2v) is 6.29. The van der Waals surface area contributed by atoms with E-state index < -0.39 is 18.4 Å². The lowest BCUT2D eigenvalue weighted by molar-refractivity contribution is -0.154. The summed E-state index contributed by atoms with van der Waals surface area (Å²) in [5.41, 5.74) is 0.491. The first kappa shape index (κ1) is 18.1. The van der Waals surface area contributed by atoms with E-state index in [0.717, 1.165) is 32.1 Å². The number of rotatable bonds is 6. The number of alkyl halides is 3. The molecule has 1 aromatic heterocycles. The molecule has 1 saturated carbocycles. The van der Waals surface area contributed by atoms with Crippen molar-refractivity contribution in [1.29, 1.82) is 0 Å². The zero-order valence-corrected chi connectivity index (χ0v) is 13.5. The van der Waals surface area contributed by atoms with Gasteiger partial charge in [-0.15, -0.1) is 0 Å². The number of halogens is 3. The summed E-state index contributed by atoms with van der Waals surface area (Å²) in [6, 6.07) is 0. The second kappa shape index (κ2) is 7.09. The van der Waals surface area contributed by atoms with E-state index in [1.54, 1.807) is 14.0 Å². The Bertz CT molecular complexity index is 523. The zero-order chi connectivity index (χ0) is 17.1. The third-order valence-corrected chi connectivity index (χ3v) is 4.20. The van der Waals surface area contributed by atoms with Gasteiger partial charge >= 0.3 is 6.18 Å². The highest BCUT2D eigenvalue weighted by atomic mass is 19.4. The molecular formula is C15H24F3N3O2. The molecule has 1 heterocycles. The van der Waals surface area contributed by atoms with Crippen LogP contribution >= 0.6 is 0 Å². The molecule has 1 aliphatic carbocycles. The van der Waals surface area contributed by atoms with Crippen molar-refractivity contribution < 1.29 is 23.0 Å². The van der Waals surface area contributed by atoms with E-state index in [0.29, 0.717) is 24.3 Å². The van der Waals surface area contributed by atoms with Gasteiger partial charge in [0.2, 0.25) is 5.88 Å². The maximum Gasteiger partial charge on any atom is 0.422 e. The predicted molar refractivity (Wildman–Crippen MR) is 79.2 cm³/mol. The molecule has 132 valence electrons. The van der Waals surface area contributed by atoms with Gasteiger partial charge in [0.05, 0.1) is 16.9 Å². The Morgan fingerprint density at radius 1 is 1.30 bits per heavy atom. The largest absolute Gasteiger partial charge is 0.468 e. The van der Waals surface area contributed by atoms with Crippen LogP contribution in [0, 0.1) is 6.92 Å². The van der Waals surface area contributed by atoms with Crippen LogP contribution in [0.4, 0.5) is 13.2 Å². The molecule has 2 rings (SSSR count). The fourth-order valence-electron chi connectivity index (χ4n) is 3.02. The fourth-order valence-corrected chi connectivity index (χ4v) is 3.02. The van der Waals surface area contributed by atoms with Crippen LogP contribution in [0.25, 0.3) is 0 Å². The predicted octanol–water partition coefficient (Wildman–Crippen LogP) is 2.45. The smallest absolute Gasteiger partial charge is 0.422 e. The number of nitrogens with one attached hydrogen (secondary N) is 1. The average Bonchev–Trinajstić information content (AvgIpc) is 2.71. The average molecular weight is 335 g/mol. The molecule has 1 aromatic rings. The summed E-state index contributed by atoms with van der Waals surface area (Å²) in [5.74, 6) is 0.114. The van der Waals surface area contributed by atoms with Crippen LogP contribution < -0.4 is 10.1 Å². The van der Waals surface area contributed by atoms with E-state index in [9.17, 15) is 18.3 Å². The number of aryl methyl sites for hydroxylation is 2. The van der Waals surface area contributed by atoms with Crippen LogP contribution in [0.15, 0.2) is 0 Å². The van der Waals surface area contributed by atoms with Gasteiger partial charge in [-0.1, -0.05) is 19.3 Å². The molecule has 1 aliphatic rings. The highest BCUT2D eigenvalue weighted by Crippen LogP contribution is 2.28. The number of aliphatic hydroxyl groups is 1. The Balaban J connectivity index is 1.96. The third kappa shape index (κ3) is 5.10. The van der Waals surface area contributed by atoms with Crippen LogP contribution in [0.3, 0.4) is 0 Å². The van der Waals surface area contributed by atoms with Crippen LogP contribution in [0.2, 0.25) is 0 Å². The minimum Gasteiger partial charge on any atom is -0.468 e. The van der Waals surface area contributed by atoms with Gasteiger partial charge in [-0.25, -0.2) is 4.68 Å². The first-order valence-corrected chi connectivity index (χ1v) is 7.85. The molecule has 0 spiro atoms. The van der Waals surface area contributed by atoms with E-state index in [1.165, 1.54) is 4.68 Å².